The molecule has 0 aliphatic heterocycles. The average Bonchev–Trinajstić information content (AvgIpc) is 2.65. The van der Waals surface area contributed by atoms with Crippen molar-refractivity contribution in [3.05, 3.63) is 28.7 Å². The maximum absolute atomic E-state index is 9.67. The van der Waals surface area contributed by atoms with Crippen LogP contribution in [0.1, 0.15) is 25.7 Å². The van der Waals surface area contributed by atoms with Crippen LogP contribution >= 0.6 is 15.9 Å². The van der Waals surface area contributed by atoms with Gasteiger partial charge in [-0.05, 0) is 43.4 Å². The Balaban J connectivity index is 1.75. The standard InChI is InChI=1S/C13H17BrO2/c14-11-4-2-5-12(9-11)16-8-7-10-3-1-6-13(10)15/h2,4-5,9-10,13,15H,1,3,6-8H2. The Morgan fingerprint density at radius 3 is 2.94 bits per heavy atom. The first-order chi connectivity index (χ1) is 7.75. The lowest BCUT2D eigenvalue weighted by atomic mass is 10.0. The van der Waals surface area contributed by atoms with Crippen molar-refractivity contribution >= 4 is 15.9 Å². The normalized spacial score (nSPS) is 24.6. The molecule has 1 aromatic carbocycles. The van der Waals surface area contributed by atoms with Crippen LogP contribution in [-0.4, -0.2) is 17.8 Å². The zero-order valence-corrected chi connectivity index (χ0v) is 10.8. The van der Waals surface area contributed by atoms with Crippen molar-refractivity contribution in [2.75, 3.05) is 6.61 Å². The summed E-state index contributed by atoms with van der Waals surface area (Å²) in [6, 6.07) is 7.86. The zero-order valence-electron chi connectivity index (χ0n) is 9.23. The number of hydrogen-bond donors (Lipinski definition) is 1. The molecular weight excluding hydrogens is 268 g/mol. The van der Waals surface area contributed by atoms with Gasteiger partial charge in [-0.15, -0.1) is 0 Å². The van der Waals surface area contributed by atoms with Gasteiger partial charge in [0.1, 0.15) is 5.75 Å². The molecule has 0 radical (unpaired) electrons. The second-order valence-electron chi connectivity index (χ2n) is 4.35. The van der Waals surface area contributed by atoms with Gasteiger partial charge in [-0.25, -0.2) is 0 Å². The lowest BCUT2D eigenvalue weighted by molar-refractivity contribution is 0.117. The summed E-state index contributed by atoms with van der Waals surface area (Å²) in [5.41, 5.74) is 0. The molecule has 0 spiro atoms. The molecule has 1 fully saturated rings. The Morgan fingerprint density at radius 1 is 1.38 bits per heavy atom. The molecule has 0 amide bonds. The molecule has 0 aromatic heterocycles. The van der Waals surface area contributed by atoms with Crippen LogP contribution in [0.4, 0.5) is 0 Å². The number of halogens is 1. The highest BCUT2D eigenvalue weighted by Crippen LogP contribution is 2.28. The molecule has 88 valence electrons. The topological polar surface area (TPSA) is 29.5 Å². The van der Waals surface area contributed by atoms with E-state index in [0.717, 1.165) is 35.9 Å². The van der Waals surface area contributed by atoms with Crippen molar-refractivity contribution in [2.24, 2.45) is 5.92 Å². The third-order valence-electron chi connectivity index (χ3n) is 3.17. The van der Waals surface area contributed by atoms with Gasteiger partial charge in [0.15, 0.2) is 0 Å². The van der Waals surface area contributed by atoms with Gasteiger partial charge < -0.3 is 9.84 Å². The van der Waals surface area contributed by atoms with Gasteiger partial charge in [-0.1, -0.05) is 28.4 Å². The minimum Gasteiger partial charge on any atom is -0.494 e. The molecular formula is C13H17BrO2. The number of aliphatic hydroxyl groups excluding tert-OH is 1. The average molecular weight is 285 g/mol. The summed E-state index contributed by atoms with van der Waals surface area (Å²) in [6.07, 6.45) is 4.10. The number of rotatable bonds is 4. The molecule has 0 saturated heterocycles. The predicted octanol–water partition coefficient (Wildman–Crippen LogP) is 3.38. The van der Waals surface area contributed by atoms with E-state index in [1.807, 2.05) is 24.3 Å². The lowest BCUT2D eigenvalue weighted by Gasteiger charge is -2.14. The summed E-state index contributed by atoms with van der Waals surface area (Å²) in [5, 5.41) is 9.67. The van der Waals surface area contributed by atoms with Gasteiger partial charge in [-0.2, -0.15) is 0 Å². The van der Waals surface area contributed by atoms with Crippen molar-refractivity contribution < 1.29 is 9.84 Å². The third kappa shape index (κ3) is 3.22. The molecule has 1 N–H and O–H groups in total. The van der Waals surface area contributed by atoms with Crippen LogP contribution in [0.2, 0.25) is 0 Å². The van der Waals surface area contributed by atoms with Crippen LogP contribution in [0.3, 0.4) is 0 Å². The fourth-order valence-electron chi connectivity index (χ4n) is 2.24. The van der Waals surface area contributed by atoms with Crippen molar-refractivity contribution in [1.29, 1.82) is 0 Å². The number of ether oxygens (including phenoxy) is 1. The largest absolute Gasteiger partial charge is 0.494 e. The lowest BCUT2D eigenvalue weighted by Crippen LogP contribution is -2.16. The van der Waals surface area contributed by atoms with Crippen LogP contribution in [0.5, 0.6) is 5.75 Å². The number of hydrogen-bond acceptors (Lipinski definition) is 2. The van der Waals surface area contributed by atoms with Gasteiger partial charge in [0.2, 0.25) is 0 Å². The van der Waals surface area contributed by atoms with E-state index in [1.54, 1.807) is 0 Å². The molecule has 0 bridgehead atoms. The highest BCUT2D eigenvalue weighted by Gasteiger charge is 2.24. The molecule has 1 saturated carbocycles. The second-order valence-corrected chi connectivity index (χ2v) is 5.27. The van der Waals surface area contributed by atoms with Gasteiger partial charge in [0.25, 0.3) is 0 Å². The summed E-state index contributed by atoms with van der Waals surface area (Å²) < 4.78 is 6.69. The Labute approximate surface area is 105 Å². The molecule has 16 heavy (non-hydrogen) atoms. The van der Waals surface area contributed by atoms with Crippen LogP contribution in [0.15, 0.2) is 28.7 Å². The minimum atomic E-state index is -0.105. The predicted molar refractivity (Wildman–Crippen MR) is 67.6 cm³/mol. The molecule has 2 unspecified atom stereocenters. The van der Waals surface area contributed by atoms with Crippen LogP contribution in [0, 0.1) is 5.92 Å². The molecule has 3 heteroatoms. The Hall–Kier alpha value is -0.540. The van der Waals surface area contributed by atoms with Gasteiger partial charge >= 0.3 is 0 Å². The van der Waals surface area contributed by atoms with E-state index >= 15 is 0 Å². The zero-order chi connectivity index (χ0) is 11.4. The summed E-state index contributed by atoms with van der Waals surface area (Å²) in [5.74, 6) is 1.33. The smallest absolute Gasteiger partial charge is 0.120 e. The van der Waals surface area contributed by atoms with E-state index < -0.39 is 0 Å². The summed E-state index contributed by atoms with van der Waals surface area (Å²) in [4.78, 5) is 0. The monoisotopic (exact) mass is 284 g/mol. The highest BCUT2D eigenvalue weighted by molar-refractivity contribution is 9.10. The number of aliphatic hydroxyl groups is 1. The molecule has 2 rings (SSSR count). The molecule has 2 atom stereocenters. The quantitative estimate of drug-likeness (QED) is 0.919. The summed E-state index contributed by atoms with van der Waals surface area (Å²) in [7, 11) is 0. The van der Waals surface area contributed by atoms with Crippen LogP contribution in [0.25, 0.3) is 0 Å². The van der Waals surface area contributed by atoms with E-state index in [0.29, 0.717) is 12.5 Å². The summed E-state index contributed by atoms with van der Waals surface area (Å²) >= 11 is 3.41. The van der Waals surface area contributed by atoms with Gasteiger partial charge in [0, 0.05) is 4.47 Å². The van der Waals surface area contributed by atoms with E-state index in [4.69, 9.17) is 4.74 Å². The molecule has 2 nitrogen and oxygen atoms in total. The maximum atomic E-state index is 9.67. The molecule has 1 aliphatic rings. The van der Waals surface area contributed by atoms with Crippen molar-refractivity contribution in [2.45, 2.75) is 31.8 Å². The third-order valence-corrected chi connectivity index (χ3v) is 3.67. The van der Waals surface area contributed by atoms with Crippen molar-refractivity contribution in [3.63, 3.8) is 0 Å². The van der Waals surface area contributed by atoms with E-state index in [1.165, 1.54) is 0 Å². The fourth-order valence-corrected chi connectivity index (χ4v) is 2.62. The van der Waals surface area contributed by atoms with Crippen molar-refractivity contribution in [3.8, 4) is 5.75 Å². The first-order valence-electron chi connectivity index (χ1n) is 5.82. The molecule has 1 aliphatic carbocycles. The molecule has 1 aromatic rings. The van der Waals surface area contributed by atoms with E-state index in [9.17, 15) is 5.11 Å². The highest BCUT2D eigenvalue weighted by atomic mass is 79.9. The maximum Gasteiger partial charge on any atom is 0.120 e. The van der Waals surface area contributed by atoms with E-state index in [-0.39, 0.29) is 6.10 Å². The van der Waals surface area contributed by atoms with Crippen LogP contribution in [-0.2, 0) is 0 Å². The van der Waals surface area contributed by atoms with Crippen LogP contribution < -0.4 is 4.74 Å². The Morgan fingerprint density at radius 2 is 2.25 bits per heavy atom. The first-order valence-corrected chi connectivity index (χ1v) is 6.61. The fraction of sp³-hybridized carbons (Fsp3) is 0.538. The second kappa shape index (κ2) is 5.69. The van der Waals surface area contributed by atoms with Gasteiger partial charge in [0.05, 0.1) is 12.7 Å². The molecule has 0 heterocycles. The Kier molecular flexibility index (Phi) is 4.24. The Bertz CT molecular complexity index is 340. The van der Waals surface area contributed by atoms with E-state index in [2.05, 4.69) is 15.9 Å². The van der Waals surface area contributed by atoms with Crippen molar-refractivity contribution in [1.82, 2.24) is 0 Å². The minimum absolute atomic E-state index is 0.105. The number of benzene rings is 1. The summed E-state index contributed by atoms with van der Waals surface area (Å²) in [6.45, 7) is 0.693. The SMILES string of the molecule is OC1CCCC1CCOc1cccc(Br)c1. The first kappa shape index (κ1) is 11.9. The van der Waals surface area contributed by atoms with Gasteiger partial charge in [-0.3, -0.25) is 0 Å².